The van der Waals surface area contributed by atoms with Gasteiger partial charge in [0.2, 0.25) is 0 Å². The standard InChI is InChI=1S/C30H33FN4O5/c1-19-6-7-23(24(31)16-19)30(2)39-25-5-3-4-22(29(25)40-30)20-10-13-34(14-11-20)18-27-33-32-26(8-9-28(36)37)35(27)17-21-12-15-38-21/h3-9,16,20-21H,10-15,17-18H2,1-2H3,(H,36,37)/b9-8+. The highest BCUT2D eigenvalue weighted by Crippen LogP contribution is 2.49. The molecule has 2 atom stereocenters. The highest BCUT2D eigenvalue weighted by Gasteiger charge is 2.43. The lowest BCUT2D eigenvalue weighted by Gasteiger charge is -2.33. The lowest BCUT2D eigenvalue weighted by atomic mass is 9.88. The molecule has 40 heavy (non-hydrogen) atoms. The first-order chi connectivity index (χ1) is 19.3. The highest BCUT2D eigenvalue weighted by atomic mass is 19.1. The minimum absolute atomic E-state index is 0.0962. The summed E-state index contributed by atoms with van der Waals surface area (Å²) in [4.78, 5) is 13.4. The summed E-state index contributed by atoms with van der Waals surface area (Å²) in [7, 11) is 0. The number of ether oxygens (including phenoxy) is 3. The Morgan fingerprint density at radius 2 is 1.98 bits per heavy atom. The molecule has 1 N–H and O–H groups in total. The summed E-state index contributed by atoms with van der Waals surface area (Å²) in [6.45, 7) is 7.28. The third kappa shape index (κ3) is 5.21. The number of benzene rings is 2. The van der Waals surface area contributed by atoms with Crippen molar-refractivity contribution in [3.63, 3.8) is 0 Å². The fraction of sp³-hybridized carbons (Fsp3) is 0.433. The molecular formula is C30H33FN4O5. The lowest BCUT2D eigenvalue weighted by molar-refractivity contribution is -0.131. The van der Waals surface area contributed by atoms with Crippen molar-refractivity contribution in [1.82, 2.24) is 19.7 Å². The number of carboxylic acids is 1. The van der Waals surface area contributed by atoms with Gasteiger partial charge in [0.25, 0.3) is 5.79 Å². The van der Waals surface area contributed by atoms with Crippen LogP contribution in [0, 0.1) is 12.7 Å². The Hall–Kier alpha value is -3.76. The second kappa shape index (κ2) is 10.7. The molecule has 2 unspecified atom stereocenters. The van der Waals surface area contributed by atoms with Gasteiger partial charge < -0.3 is 23.9 Å². The smallest absolute Gasteiger partial charge is 0.328 e. The maximum atomic E-state index is 14.8. The molecule has 0 amide bonds. The molecule has 3 aliphatic rings. The summed E-state index contributed by atoms with van der Waals surface area (Å²) >= 11 is 0. The predicted octanol–water partition coefficient (Wildman–Crippen LogP) is 4.64. The van der Waals surface area contributed by atoms with E-state index in [-0.39, 0.29) is 17.8 Å². The molecule has 6 rings (SSSR count). The van der Waals surface area contributed by atoms with Crippen molar-refractivity contribution >= 4 is 12.0 Å². The number of piperidine rings is 1. The Bertz CT molecular complexity index is 1440. The van der Waals surface area contributed by atoms with Crippen molar-refractivity contribution in [3.8, 4) is 11.5 Å². The summed E-state index contributed by atoms with van der Waals surface area (Å²) in [5, 5.41) is 17.7. The van der Waals surface area contributed by atoms with Crippen molar-refractivity contribution in [1.29, 1.82) is 0 Å². The number of hydrogen-bond donors (Lipinski definition) is 1. The van der Waals surface area contributed by atoms with Crippen LogP contribution in [0.4, 0.5) is 4.39 Å². The summed E-state index contributed by atoms with van der Waals surface area (Å²) in [6.07, 6.45) is 5.47. The summed E-state index contributed by atoms with van der Waals surface area (Å²) in [6, 6.07) is 11.0. The molecule has 3 aromatic rings. The quantitative estimate of drug-likeness (QED) is 0.407. The van der Waals surface area contributed by atoms with E-state index in [2.05, 4.69) is 21.2 Å². The fourth-order valence-corrected chi connectivity index (χ4v) is 5.74. The highest BCUT2D eigenvalue weighted by molar-refractivity contribution is 5.84. The van der Waals surface area contributed by atoms with Crippen LogP contribution in [0.5, 0.6) is 11.5 Å². The summed E-state index contributed by atoms with van der Waals surface area (Å²) < 4.78 is 35.0. The maximum Gasteiger partial charge on any atom is 0.328 e. The number of likely N-dealkylation sites (tertiary alicyclic amines) is 1. The van der Waals surface area contributed by atoms with Crippen LogP contribution in [-0.2, 0) is 28.4 Å². The Balaban J connectivity index is 1.14. The van der Waals surface area contributed by atoms with E-state index >= 15 is 0 Å². The Morgan fingerprint density at radius 3 is 2.67 bits per heavy atom. The number of para-hydroxylation sites is 1. The molecule has 10 heteroatoms. The second-order valence-electron chi connectivity index (χ2n) is 10.9. The number of aliphatic carboxylic acids is 1. The molecule has 2 saturated heterocycles. The van der Waals surface area contributed by atoms with Crippen molar-refractivity contribution in [2.45, 2.75) is 64.0 Å². The fourth-order valence-electron chi connectivity index (χ4n) is 5.74. The van der Waals surface area contributed by atoms with Gasteiger partial charge in [-0.1, -0.05) is 18.2 Å². The van der Waals surface area contributed by atoms with E-state index in [1.807, 2.05) is 29.7 Å². The van der Waals surface area contributed by atoms with E-state index in [0.717, 1.165) is 62.0 Å². The third-order valence-electron chi connectivity index (χ3n) is 8.03. The van der Waals surface area contributed by atoms with Crippen LogP contribution in [0.2, 0.25) is 0 Å². The Kier molecular flexibility index (Phi) is 7.06. The van der Waals surface area contributed by atoms with Crippen LogP contribution in [0.15, 0.2) is 42.5 Å². The SMILES string of the molecule is Cc1ccc(C2(C)Oc3cccc(C4CCN(Cc5nnc(/C=C/C(=O)O)n5CC5CCO5)CC4)c3O2)c(F)c1. The second-order valence-corrected chi connectivity index (χ2v) is 10.9. The van der Waals surface area contributed by atoms with Crippen molar-refractivity contribution in [2.75, 3.05) is 19.7 Å². The van der Waals surface area contributed by atoms with Gasteiger partial charge in [0, 0.05) is 25.2 Å². The molecule has 0 radical (unpaired) electrons. The molecule has 2 fully saturated rings. The van der Waals surface area contributed by atoms with Crippen molar-refractivity contribution in [3.05, 3.63) is 76.6 Å². The normalized spacial score (nSPS) is 23.0. The number of rotatable bonds is 8. The largest absolute Gasteiger partial charge is 0.478 e. The van der Waals surface area contributed by atoms with E-state index in [0.29, 0.717) is 36.0 Å². The number of carbonyl (C=O) groups is 1. The number of nitrogens with zero attached hydrogens (tertiary/aromatic N) is 4. The molecule has 0 bridgehead atoms. The zero-order valence-electron chi connectivity index (χ0n) is 22.7. The van der Waals surface area contributed by atoms with E-state index in [1.165, 1.54) is 12.1 Å². The zero-order chi connectivity index (χ0) is 27.9. The topological polar surface area (TPSA) is 98.9 Å². The first-order valence-corrected chi connectivity index (χ1v) is 13.7. The van der Waals surface area contributed by atoms with Gasteiger partial charge >= 0.3 is 5.97 Å². The number of fused-ring (bicyclic) bond motifs is 1. The first kappa shape index (κ1) is 26.5. The monoisotopic (exact) mass is 548 g/mol. The molecule has 0 spiro atoms. The van der Waals surface area contributed by atoms with Gasteiger partial charge in [-0.15, -0.1) is 10.2 Å². The van der Waals surface area contributed by atoms with Crippen molar-refractivity contribution in [2.24, 2.45) is 0 Å². The molecular weight excluding hydrogens is 515 g/mol. The number of aryl methyl sites for hydroxylation is 1. The zero-order valence-corrected chi connectivity index (χ0v) is 22.7. The number of halogens is 1. The number of carboxylic acid groups (broad SMARTS) is 1. The van der Waals surface area contributed by atoms with E-state index in [9.17, 15) is 9.18 Å². The van der Waals surface area contributed by atoms with Gasteiger partial charge in [-0.3, -0.25) is 4.90 Å². The van der Waals surface area contributed by atoms with Gasteiger partial charge in [-0.2, -0.15) is 0 Å². The minimum atomic E-state index is -1.22. The van der Waals surface area contributed by atoms with Gasteiger partial charge in [0.15, 0.2) is 17.3 Å². The molecule has 0 aliphatic carbocycles. The third-order valence-corrected chi connectivity index (χ3v) is 8.03. The Labute approximate surface area is 232 Å². The average molecular weight is 549 g/mol. The number of hydrogen-bond acceptors (Lipinski definition) is 7. The summed E-state index contributed by atoms with van der Waals surface area (Å²) in [5.74, 6) is 0.329. The van der Waals surface area contributed by atoms with Crippen LogP contribution >= 0.6 is 0 Å². The van der Waals surface area contributed by atoms with Gasteiger partial charge in [-0.05, 0) is 75.0 Å². The molecule has 0 saturated carbocycles. The molecule has 210 valence electrons. The first-order valence-electron chi connectivity index (χ1n) is 13.7. The molecule has 3 aliphatic heterocycles. The lowest BCUT2D eigenvalue weighted by Crippen LogP contribution is -2.35. The average Bonchev–Trinajstić information content (AvgIpc) is 3.45. The van der Waals surface area contributed by atoms with E-state index in [1.54, 1.807) is 13.0 Å². The van der Waals surface area contributed by atoms with Crippen molar-refractivity contribution < 1.29 is 28.5 Å². The Morgan fingerprint density at radius 1 is 1.18 bits per heavy atom. The van der Waals surface area contributed by atoms with Gasteiger partial charge in [-0.25, -0.2) is 9.18 Å². The minimum Gasteiger partial charge on any atom is -0.478 e. The van der Waals surface area contributed by atoms with Gasteiger partial charge in [0.1, 0.15) is 11.6 Å². The predicted molar refractivity (Wildman–Crippen MR) is 144 cm³/mol. The van der Waals surface area contributed by atoms with E-state index in [4.69, 9.17) is 19.3 Å². The molecule has 1 aromatic heterocycles. The maximum absolute atomic E-state index is 14.8. The van der Waals surface area contributed by atoms with Gasteiger partial charge in [0.05, 0.1) is 24.8 Å². The van der Waals surface area contributed by atoms with E-state index < -0.39 is 11.8 Å². The van der Waals surface area contributed by atoms with Crippen LogP contribution < -0.4 is 9.47 Å². The molecule has 4 heterocycles. The van der Waals surface area contributed by atoms with Crippen LogP contribution in [-0.4, -0.2) is 56.5 Å². The van der Waals surface area contributed by atoms with Crippen LogP contribution in [0.25, 0.3) is 6.08 Å². The molecule has 2 aromatic carbocycles. The summed E-state index contributed by atoms with van der Waals surface area (Å²) in [5.41, 5.74) is 2.30. The number of aromatic nitrogens is 3. The van der Waals surface area contributed by atoms with Crippen LogP contribution in [0.3, 0.4) is 0 Å². The van der Waals surface area contributed by atoms with Crippen LogP contribution in [0.1, 0.15) is 60.4 Å². The molecule has 9 nitrogen and oxygen atoms in total.